The lowest BCUT2D eigenvalue weighted by Crippen LogP contribution is -2.52. The molecule has 0 spiro atoms. The zero-order chi connectivity index (χ0) is 18.7. The van der Waals surface area contributed by atoms with Gasteiger partial charge in [-0.2, -0.15) is 0 Å². The number of rotatable bonds is 3. The van der Waals surface area contributed by atoms with Gasteiger partial charge in [0.05, 0.1) is 12.6 Å². The summed E-state index contributed by atoms with van der Waals surface area (Å²) in [7, 11) is 0. The first-order valence-corrected chi connectivity index (χ1v) is 10.1. The lowest BCUT2D eigenvalue weighted by atomic mass is 10.1. The van der Waals surface area contributed by atoms with Crippen LogP contribution in [0.15, 0.2) is 18.2 Å². The molecule has 2 amide bonds. The third-order valence-electron chi connectivity index (χ3n) is 4.84. The molecular formula is C17H23N3O5S. The predicted molar refractivity (Wildman–Crippen MR) is 95.5 cm³/mol. The minimum Gasteiger partial charge on any atom is -0.616 e. The normalized spacial score (nSPS) is 19.9. The fourth-order valence-corrected chi connectivity index (χ4v) is 4.30. The fraction of sp³-hybridized carbons (Fsp3) is 0.529. The van der Waals surface area contributed by atoms with E-state index in [9.17, 15) is 14.1 Å². The van der Waals surface area contributed by atoms with Crippen LogP contribution in [0.4, 0.5) is 0 Å². The third kappa shape index (κ3) is 4.12. The number of carbonyl (C=O) groups is 2. The van der Waals surface area contributed by atoms with Crippen molar-refractivity contribution in [1.82, 2.24) is 15.3 Å². The summed E-state index contributed by atoms with van der Waals surface area (Å²) >= 11 is -0.772. The van der Waals surface area contributed by atoms with Gasteiger partial charge in [-0.3, -0.25) is 19.7 Å². The van der Waals surface area contributed by atoms with Crippen LogP contribution in [0.2, 0.25) is 0 Å². The summed E-state index contributed by atoms with van der Waals surface area (Å²) in [5.74, 6) is 1.18. The first kappa shape index (κ1) is 19.0. The van der Waals surface area contributed by atoms with Gasteiger partial charge in [-0.25, -0.2) is 5.48 Å². The average Bonchev–Trinajstić information content (AvgIpc) is 2.88. The molecule has 1 aromatic carbocycles. The number of amides is 2. The van der Waals surface area contributed by atoms with Crippen molar-refractivity contribution in [3.05, 3.63) is 29.3 Å². The number of fused-ring (bicyclic) bond motifs is 1. The van der Waals surface area contributed by atoms with E-state index in [4.69, 9.17) is 9.94 Å². The van der Waals surface area contributed by atoms with Gasteiger partial charge in [0.15, 0.2) is 0 Å². The predicted octanol–water partition coefficient (Wildman–Crippen LogP) is -0.0206. The zero-order valence-corrected chi connectivity index (χ0v) is 15.5. The molecule has 0 bridgehead atoms. The topological polar surface area (TPSA) is 105 Å². The molecule has 2 aliphatic heterocycles. The molecule has 0 radical (unpaired) electrons. The van der Waals surface area contributed by atoms with E-state index in [2.05, 4.69) is 4.90 Å². The summed E-state index contributed by atoms with van der Waals surface area (Å²) in [6.07, 6.45) is 0. The van der Waals surface area contributed by atoms with E-state index in [1.165, 1.54) is 0 Å². The summed E-state index contributed by atoms with van der Waals surface area (Å²) in [4.78, 5) is 28.3. The van der Waals surface area contributed by atoms with E-state index in [-0.39, 0.29) is 11.9 Å². The van der Waals surface area contributed by atoms with Crippen molar-refractivity contribution in [2.24, 2.45) is 0 Å². The fourth-order valence-electron chi connectivity index (χ4n) is 3.22. The second kappa shape index (κ2) is 8.26. The summed E-state index contributed by atoms with van der Waals surface area (Å²) in [5.41, 5.74) is 2.71. The molecule has 26 heavy (non-hydrogen) atoms. The summed E-state index contributed by atoms with van der Waals surface area (Å²) < 4.78 is 17.2. The number of hydrogen-bond acceptors (Lipinski definition) is 6. The highest BCUT2D eigenvalue weighted by Crippen LogP contribution is 2.25. The molecule has 3 rings (SSSR count). The molecule has 2 heterocycles. The lowest BCUT2D eigenvalue weighted by Gasteiger charge is -2.34. The summed E-state index contributed by atoms with van der Waals surface area (Å²) in [6, 6.07) is 4.62. The van der Waals surface area contributed by atoms with Crippen molar-refractivity contribution < 1.29 is 24.1 Å². The first-order chi connectivity index (χ1) is 12.5. The quantitative estimate of drug-likeness (QED) is 0.433. The summed E-state index contributed by atoms with van der Waals surface area (Å²) in [5, 5.41) is 8.75. The number of hydrogen-bond donors (Lipinski definition) is 2. The van der Waals surface area contributed by atoms with Gasteiger partial charge in [0.2, 0.25) is 5.91 Å². The van der Waals surface area contributed by atoms with Gasteiger partial charge >= 0.3 is 0 Å². The van der Waals surface area contributed by atoms with Crippen LogP contribution in [0.25, 0.3) is 0 Å². The second-order valence-electron chi connectivity index (χ2n) is 6.43. The minimum absolute atomic E-state index is 0.0197. The lowest BCUT2D eigenvalue weighted by molar-refractivity contribution is -0.137. The molecule has 2 N–H and O–H groups in total. The average molecular weight is 381 g/mol. The van der Waals surface area contributed by atoms with Crippen molar-refractivity contribution in [2.45, 2.75) is 19.5 Å². The Morgan fingerprint density at radius 3 is 2.73 bits per heavy atom. The smallest absolute Gasteiger partial charge is 0.274 e. The van der Waals surface area contributed by atoms with Gasteiger partial charge in [0.25, 0.3) is 5.91 Å². The van der Waals surface area contributed by atoms with Crippen molar-refractivity contribution >= 4 is 23.0 Å². The molecule has 2 aliphatic rings. The van der Waals surface area contributed by atoms with Crippen LogP contribution in [-0.2, 0) is 22.5 Å². The Morgan fingerprint density at radius 2 is 2.04 bits per heavy atom. The monoisotopic (exact) mass is 381 g/mol. The van der Waals surface area contributed by atoms with E-state index in [0.29, 0.717) is 55.6 Å². The third-order valence-corrected chi connectivity index (χ3v) is 6.12. The summed E-state index contributed by atoms with van der Waals surface area (Å²) in [6.45, 7) is 4.41. The largest absolute Gasteiger partial charge is 0.616 e. The molecule has 1 saturated heterocycles. The van der Waals surface area contributed by atoms with Crippen molar-refractivity contribution in [1.29, 1.82) is 0 Å². The van der Waals surface area contributed by atoms with Crippen LogP contribution in [-0.4, -0.2) is 75.2 Å². The maximum atomic E-state index is 12.9. The van der Waals surface area contributed by atoms with E-state index >= 15 is 0 Å². The SMILES string of the molecule is C[C@@H](C(=O)N1CCOc2cc(C(=O)NO)ccc2C1)N1CC[S+]([O-])CC1. The number of hydroxylamine groups is 1. The molecule has 0 aliphatic carbocycles. The highest BCUT2D eigenvalue weighted by Gasteiger charge is 2.31. The van der Waals surface area contributed by atoms with Crippen LogP contribution >= 0.6 is 0 Å². The molecule has 0 aromatic heterocycles. The number of carbonyl (C=O) groups excluding carboxylic acids is 2. The number of benzene rings is 1. The van der Waals surface area contributed by atoms with Gasteiger partial charge in [0.1, 0.15) is 23.9 Å². The molecule has 8 nitrogen and oxygen atoms in total. The van der Waals surface area contributed by atoms with Gasteiger partial charge in [-0.15, -0.1) is 0 Å². The second-order valence-corrected chi connectivity index (χ2v) is 8.13. The van der Waals surface area contributed by atoms with Crippen molar-refractivity contribution in [2.75, 3.05) is 37.7 Å². The Kier molecular flexibility index (Phi) is 6.02. The van der Waals surface area contributed by atoms with Crippen LogP contribution in [0.5, 0.6) is 5.75 Å². The zero-order valence-electron chi connectivity index (χ0n) is 14.6. The molecule has 1 aromatic rings. The Hall–Kier alpha value is -1.81. The molecule has 9 heteroatoms. The highest BCUT2D eigenvalue weighted by molar-refractivity contribution is 7.91. The van der Waals surface area contributed by atoms with Gasteiger partial charge in [0, 0.05) is 30.8 Å². The Bertz CT molecular complexity index is 678. The van der Waals surface area contributed by atoms with Crippen LogP contribution in [0.1, 0.15) is 22.8 Å². The van der Waals surface area contributed by atoms with E-state index in [1.54, 1.807) is 28.6 Å². The maximum Gasteiger partial charge on any atom is 0.274 e. The standard InChI is InChI=1S/C17H23N3O5S/c1-12(19-5-8-26(24)9-6-19)17(22)20-4-7-25-15-10-13(16(21)18-23)2-3-14(15)11-20/h2-3,10,12,23H,4-9,11H2,1H3,(H,18,21)/t12-/m0/s1. The maximum absolute atomic E-state index is 12.9. The Morgan fingerprint density at radius 1 is 1.31 bits per heavy atom. The van der Waals surface area contributed by atoms with Crippen LogP contribution in [0.3, 0.4) is 0 Å². The van der Waals surface area contributed by atoms with Gasteiger partial charge < -0.3 is 14.2 Å². The highest BCUT2D eigenvalue weighted by atomic mass is 32.2. The molecule has 142 valence electrons. The Labute approximate surface area is 155 Å². The van der Waals surface area contributed by atoms with E-state index in [1.807, 2.05) is 6.92 Å². The van der Waals surface area contributed by atoms with Gasteiger partial charge in [-0.1, -0.05) is 17.2 Å². The number of ether oxygens (including phenoxy) is 1. The Balaban J connectivity index is 1.70. The molecule has 0 saturated carbocycles. The number of nitrogens with one attached hydrogen (secondary N) is 1. The van der Waals surface area contributed by atoms with Crippen LogP contribution < -0.4 is 10.2 Å². The van der Waals surface area contributed by atoms with E-state index in [0.717, 1.165) is 5.56 Å². The van der Waals surface area contributed by atoms with E-state index < -0.39 is 17.1 Å². The number of nitrogens with zero attached hydrogens (tertiary/aromatic N) is 2. The molecule has 1 fully saturated rings. The molecule has 0 unspecified atom stereocenters. The van der Waals surface area contributed by atoms with Crippen molar-refractivity contribution in [3.63, 3.8) is 0 Å². The van der Waals surface area contributed by atoms with Crippen LogP contribution in [0, 0.1) is 0 Å². The van der Waals surface area contributed by atoms with Gasteiger partial charge in [-0.05, 0) is 19.1 Å². The minimum atomic E-state index is -0.772. The van der Waals surface area contributed by atoms with Crippen molar-refractivity contribution in [3.8, 4) is 5.75 Å². The molecule has 1 atom stereocenters. The first-order valence-electron chi connectivity index (χ1n) is 8.57. The molecular weight excluding hydrogens is 358 g/mol.